The summed E-state index contributed by atoms with van der Waals surface area (Å²) in [4.78, 5) is 42.4. The maximum Gasteiger partial charge on any atom is 0.321 e. The minimum atomic E-state index is -0.430. The second kappa shape index (κ2) is 13.5. The lowest BCUT2D eigenvalue weighted by Gasteiger charge is -2.38. The molecule has 2 aromatic carbocycles. The number of aliphatic hydroxyl groups is 1. The number of carbonyl (C=O) groups is 3. The number of para-hydroxylation sites is 1. The molecule has 1 heterocycles. The van der Waals surface area contributed by atoms with Gasteiger partial charge in [-0.2, -0.15) is 0 Å². The molecule has 2 aromatic rings. The third kappa shape index (κ3) is 7.44. The molecule has 0 spiro atoms. The summed E-state index contributed by atoms with van der Waals surface area (Å²) in [6, 6.07) is 13.4. The SMILES string of the molecule is C[C@@H]1CN([C@@H](C)CO)C(=O)c2cc(NC(=O)NC3CCCCC3)ccc2O[C@@H]1CN(C)C(=O)Nc1ccccc1. The summed E-state index contributed by atoms with van der Waals surface area (Å²) in [5, 5.41) is 18.7. The van der Waals surface area contributed by atoms with Gasteiger partial charge in [0.25, 0.3) is 5.91 Å². The third-order valence-electron chi connectivity index (χ3n) is 7.69. The van der Waals surface area contributed by atoms with Gasteiger partial charge < -0.3 is 35.6 Å². The number of hydrogen-bond acceptors (Lipinski definition) is 5. The Kier molecular flexibility index (Phi) is 9.87. The van der Waals surface area contributed by atoms with Gasteiger partial charge in [-0.05, 0) is 50.1 Å². The maximum atomic E-state index is 13.7. The highest BCUT2D eigenvalue weighted by Gasteiger charge is 2.34. The predicted molar refractivity (Wildman–Crippen MR) is 155 cm³/mol. The highest BCUT2D eigenvalue weighted by molar-refractivity contribution is 5.99. The van der Waals surface area contributed by atoms with E-state index in [9.17, 15) is 19.5 Å². The number of aliphatic hydroxyl groups excluding tert-OH is 1. The van der Waals surface area contributed by atoms with Crippen molar-refractivity contribution < 1.29 is 24.2 Å². The summed E-state index contributed by atoms with van der Waals surface area (Å²) in [6.45, 7) is 4.17. The van der Waals surface area contributed by atoms with Gasteiger partial charge in [0.15, 0.2) is 0 Å². The normalized spacial score (nSPS) is 20.3. The van der Waals surface area contributed by atoms with Crippen molar-refractivity contribution in [3.63, 3.8) is 0 Å². The summed E-state index contributed by atoms with van der Waals surface area (Å²) < 4.78 is 6.37. The Balaban J connectivity index is 1.53. The van der Waals surface area contributed by atoms with E-state index in [2.05, 4.69) is 16.0 Å². The standard InChI is InChI=1S/C30H41N5O5/c1-20-17-35(21(2)19-36)28(37)25-16-24(32-29(38)31-22-10-6-4-7-11-22)14-15-26(25)40-27(20)18-34(3)30(39)33-23-12-8-5-9-13-23/h5,8-9,12-16,20-22,27,36H,4,6-7,10-11,17-19H2,1-3H3,(H,33,39)(H2,31,32,38)/t20-,21+,27-/m1/s1. The quantitative estimate of drug-likeness (QED) is 0.403. The van der Waals surface area contributed by atoms with Crippen molar-refractivity contribution in [2.75, 3.05) is 37.4 Å². The zero-order valence-electron chi connectivity index (χ0n) is 23.6. The molecule has 0 radical (unpaired) electrons. The Labute approximate surface area is 236 Å². The number of amides is 5. The van der Waals surface area contributed by atoms with Crippen LogP contribution in [0.1, 0.15) is 56.3 Å². The molecule has 40 heavy (non-hydrogen) atoms. The van der Waals surface area contributed by atoms with Gasteiger partial charge in [-0.15, -0.1) is 0 Å². The fourth-order valence-corrected chi connectivity index (χ4v) is 5.21. The number of nitrogens with zero attached hydrogens (tertiary/aromatic N) is 2. The zero-order valence-corrected chi connectivity index (χ0v) is 23.6. The minimum Gasteiger partial charge on any atom is -0.487 e. The number of hydrogen-bond donors (Lipinski definition) is 4. The molecule has 4 N–H and O–H groups in total. The van der Waals surface area contributed by atoms with Crippen molar-refractivity contribution in [2.24, 2.45) is 5.92 Å². The third-order valence-corrected chi connectivity index (χ3v) is 7.69. The number of likely N-dealkylation sites (N-methyl/N-ethyl adjacent to an activating group) is 1. The summed E-state index contributed by atoms with van der Waals surface area (Å²) >= 11 is 0. The van der Waals surface area contributed by atoms with Gasteiger partial charge in [0.2, 0.25) is 0 Å². The van der Waals surface area contributed by atoms with Gasteiger partial charge in [0.05, 0.1) is 24.8 Å². The average molecular weight is 552 g/mol. The Morgan fingerprint density at radius 1 is 1.07 bits per heavy atom. The molecule has 3 atom stereocenters. The number of carbonyl (C=O) groups excluding carboxylic acids is 3. The number of anilines is 2. The van der Waals surface area contributed by atoms with Crippen LogP contribution in [0.25, 0.3) is 0 Å². The minimum absolute atomic E-state index is 0.142. The predicted octanol–water partition coefficient (Wildman–Crippen LogP) is 4.52. The smallest absolute Gasteiger partial charge is 0.321 e. The van der Waals surface area contributed by atoms with E-state index in [1.807, 2.05) is 37.3 Å². The summed E-state index contributed by atoms with van der Waals surface area (Å²) in [6.07, 6.45) is 4.92. The van der Waals surface area contributed by atoms with Gasteiger partial charge in [0, 0.05) is 36.9 Å². The zero-order chi connectivity index (χ0) is 28.6. The molecule has 0 saturated heterocycles. The average Bonchev–Trinajstić information content (AvgIpc) is 2.95. The number of fused-ring (bicyclic) bond motifs is 1. The monoisotopic (exact) mass is 551 g/mol. The fraction of sp³-hybridized carbons (Fsp3) is 0.500. The van der Waals surface area contributed by atoms with Crippen LogP contribution in [0.2, 0.25) is 0 Å². The van der Waals surface area contributed by atoms with E-state index in [-0.39, 0.29) is 43.1 Å². The molecule has 5 amide bonds. The van der Waals surface area contributed by atoms with Crippen LogP contribution in [0.3, 0.4) is 0 Å². The summed E-state index contributed by atoms with van der Waals surface area (Å²) in [5.74, 6) is -0.0580. The van der Waals surface area contributed by atoms with Crippen LogP contribution in [0.5, 0.6) is 5.75 Å². The molecular weight excluding hydrogens is 510 g/mol. The van der Waals surface area contributed by atoms with E-state index < -0.39 is 12.1 Å². The number of benzene rings is 2. The number of rotatable bonds is 7. The summed E-state index contributed by atoms with van der Waals surface area (Å²) in [5.41, 5.74) is 1.46. The fourth-order valence-electron chi connectivity index (χ4n) is 5.21. The molecule has 2 aliphatic rings. The first kappa shape index (κ1) is 29.2. The molecule has 216 valence electrons. The van der Waals surface area contributed by atoms with Gasteiger partial charge in [-0.3, -0.25) is 4.79 Å². The molecule has 10 nitrogen and oxygen atoms in total. The molecule has 1 fully saturated rings. The van der Waals surface area contributed by atoms with E-state index in [1.165, 1.54) is 6.42 Å². The molecule has 10 heteroatoms. The Bertz CT molecular complexity index is 1170. The van der Waals surface area contributed by atoms with E-state index in [4.69, 9.17) is 4.74 Å². The van der Waals surface area contributed by atoms with E-state index in [1.54, 1.807) is 42.0 Å². The Hall–Kier alpha value is -3.79. The van der Waals surface area contributed by atoms with E-state index in [0.717, 1.165) is 25.7 Å². The van der Waals surface area contributed by atoms with Gasteiger partial charge in [-0.1, -0.05) is 44.4 Å². The van der Waals surface area contributed by atoms with Gasteiger partial charge in [0.1, 0.15) is 11.9 Å². The maximum absolute atomic E-state index is 13.7. The lowest BCUT2D eigenvalue weighted by atomic mass is 9.96. The molecule has 1 saturated carbocycles. The van der Waals surface area contributed by atoms with Crippen LogP contribution in [0, 0.1) is 5.92 Å². The highest BCUT2D eigenvalue weighted by atomic mass is 16.5. The molecule has 4 rings (SSSR count). The van der Waals surface area contributed by atoms with Crippen molar-refractivity contribution in [3.05, 3.63) is 54.1 Å². The van der Waals surface area contributed by atoms with Gasteiger partial charge in [-0.25, -0.2) is 9.59 Å². The van der Waals surface area contributed by atoms with Crippen LogP contribution >= 0.6 is 0 Å². The second-order valence-corrected chi connectivity index (χ2v) is 10.9. The molecule has 0 bridgehead atoms. The van der Waals surface area contributed by atoms with Crippen LogP contribution in [0.15, 0.2) is 48.5 Å². The highest BCUT2D eigenvalue weighted by Crippen LogP contribution is 2.31. The van der Waals surface area contributed by atoms with Crippen molar-refractivity contribution >= 4 is 29.3 Å². The molecular formula is C30H41N5O5. The molecule has 0 unspecified atom stereocenters. The lowest BCUT2D eigenvalue weighted by Crippen LogP contribution is -2.50. The van der Waals surface area contributed by atoms with Crippen molar-refractivity contribution in [1.82, 2.24) is 15.1 Å². The van der Waals surface area contributed by atoms with Crippen molar-refractivity contribution in [1.29, 1.82) is 0 Å². The first-order chi connectivity index (χ1) is 19.2. The lowest BCUT2D eigenvalue weighted by molar-refractivity contribution is 0.0371. The first-order valence-corrected chi connectivity index (χ1v) is 14.1. The number of urea groups is 2. The van der Waals surface area contributed by atoms with Crippen LogP contribution in [-0.4, -0.2) is 77.8 Å². The molecule has 0 aromatic heterocycles. The van der Waals surface area contributed by atoms with E-state index in [0.29, 0.717) is 29.2 Å². The second-order valence-electron chi connectivity index (χ2n) is 10.9. The van der Waals surface area contributed by atoms with Gasteiger partial charge >= 0.3 is 12.1 Å². The van der Waals surface area contributed by atoms with Crippen LogP contribution in [-0.2, 0) is 0 Å². The largest absolute Gasteiger partial charge is 0.487 e. The topological polar surface area (TPSA) is 123 Å². The molecule has 1 aliphatic carbocycles. The Morgan fingerprint density at radius 3 is 2.50 bits per heavy atom. The number of ether oxygens (including phenoxy) is 1. The van der Waals surface area contributed by atoms with Crippen LogP contribution in [0.4, 0.5) is 21.0 Å². The Morgan fingerprint density at radius 2 is 1.80 bits per heavy atom. The van der Waals surface area contributed by atoms with E-state index >= 15 is 0 Å². The summed E-state index contributed by atoms with van der Waals surface area (Å²) in [7, 11) is 1.70. The van der Waals surface area contributed by atoms with Crippen LogP contribution < -0.4 is 20.7 Å². The number of nitrogens with one attached hydrogen (secondary N) is 3. The molecule has 1 aliphatic heterocycles. The van der Waals surface area contributed by atoms with Crippen molar-refractivity contribution in [2.45, 2.75) is 64.1 Å². The van der Waals surface area contributed by atoms with Crippen molar-refractivity contribution in [3.8, 4) is 5.75 Å². The first-order valence-electron chi connectivity index (χ1n) is 14.1.